The second-order valence-corrected chi connectivity index (χ2v) is 6.33. The lowest BCUT2D eigenvalue weighted by molar-refractivity contribution is -0.142. The molecule has 1 aliphatic carbocycles. The molecule has 0 unspecified atom stereocenters. The van der Waals surface area contributed by atoms with Gasteiger partial charge in [-0.3, -0.25) is 9.59 Å². The van der Waals surface area contributed by atoms with Crippen molar-refractivity contribution in [2.24, 2.45) is 5.92 Å². The topological polar surface area (TPSA) is 105 Å². The van der Waals surface area contributed by atoms with Gasteiger partial charge in [0, 0.05) is 17.7 Å². The Morgan fingerprint density at radius 3 is 2.48 bits per heavy atom. The molecule has 7 nitrogen and oxygen atoms in total. The molecular weight excluding hydrogens is 348 g/mol. The van der Waals surface area contributed by atoms with Crippen LogP contribution in [0.25, 0.3) is 0 Å². The zero-order valence-electron chi connectivity index (χ0n) is 14.6. The smallest absolute Gasteiger partial charge is 0.330 e. The quantitative estimate of drug-likeness (QED) is 0.663. The van der Waals surface area contributed by atoms with E-state index in [0.717, 1.165) is 12.8 Å². The zero-order chi connectivity index (χ0) is 19.2. The highest BCUT2D eigenvalue weighted by Gasteiger charge is 2.29. The number of benzene rings is 2. The molecule has 3 rings (SSSR count). The van der Waals surface area contributed by atoms with Crippen LogP contribution in [0.1, 0.15) is 24.4 Å². The molecule has 0 spiro atoms. The summed E-state index contributed by atoms with van der Waals surface area (Å²) in [6, 6.07) is 14.0. The number of aliphatic carboxylic acids is 1. The Morgan fingerprint density at radius 2 is 1.81 bits per heavy atom. The summed E-state index contributed by atoms with van der Waals surface area (Å²) in [5.74, 6) is -1.23. The van der Waals surface area contributed by atoms with Crippen LogP contribution < -0.4 is 15.4 Å². The van der Waals surface area contributed by atoms with Gasteiger partial charge in [-0.2, -0.15) is 0 Å². The van der Waals surface area contributed by atoms with Gasteiger partial charge in [0.15, 0.2) is 12.6 Å². The molecule has 0 saturated heterocycles. The predicted octanol–water partition coefficient (Wildman–Crippen LogP) is 2.36. The summed E-state index contributed by atoms with van der Waals surface area (Å²) in [4.78, 5) is 35.3. The molecule has 0 radical (unpaired) electrons. The number of ether oxygens (including phenoxy) is 1. The van der Waals surface area contributed by atoms with Crippen molar-refractivity contribution >= 4 is 23.5 Å². The lowest BCUT2D eigenvalue weighted by Gasteiger charge is -2.15. The SMILES string of the molecule is O=C(COc1cccc(NC(=O)C2CC2)c1)N[C@H](C(=O)O)c1ccccc1. The van der Waals surface area contributed by atoms with Crippen LogP contribution in [0, 0.1) is 5.92 Å². The van der Waals surface area contributed by atoms with Gasteiger partial charge in [0.1, 0.15) is 5.75 Å². The molecule has 2 aromatic rings. The van der Waals surface area contributed by atoms with Crippen molar-refractivity contribution in [3.8, 4) is 5.75 Å². The Balaban J connectivity index is 1.55. The molecule has 0 aliphatic heterocycles. The van der Waals surface area contributed by atoms with Crippen molar-refractivity contribution in [3.63, 3.8) is 0 Å². The van der Waals surface area contributed by atoms with Gasteiger partial charge in [-0.1, -0.05) is 36.4 Å². The Bertz CT molecular complexity index is 833. The van der Waals surface area contributed by atoms with E-state index in [2.05, 4.69) is 10.6 Å². The Kier molecular flexibility index (Phi) is 5.71. The second kappa shape index (κ2) is 8.35. The number of carboxylic acid groups (broad SMARTS) is 1. The van der Waals surface area contributed by atoms with Crippen LogP contribution >= 0.6 is 0 Å². The summed E-state index contributed by atoms with van der Waals surface area (Å²) >= 11 is 0. The van der Waals surface area contributed by atoms with Crippen LogP contribution in [-0.2, 0) is 14.4 Å². The summed E-state index contributed by atoms with van der Waals surface area (Å²) in [6.07, 6.45) is 1.82. The van der Waals surface area contributed by atoms with E-state index in [9.17, 15) is 19.5 Å². The number of rotatable bonds is 8. The third-order valence-electron chi connectivity index (χ3n) is 4.10. The third kappa shape index (κ3) is 5.31. The van der Waals surface area contributed by atoms with E-state index >= 15 is 0 Å². The molecule has 1 saturated carbocycles. The van der Waals surface area contributed by atoms with Crippen LogP contribution in [-0.4, -0.2) is 29.5 Å². The maximum atomic E-state index is 12.1. The Labute approximate surface area is 156 Å². The minimum atomic E-state index is -1.15. The minimum Gasteiger partial charge on any atom is -0.484 e. The van der Waals surface area contributed by atoms with E-state index in [0.29, 0.717) is 17.0 Å². The van der Waals surface area contributed by atoms with Crippen LogP contribution in [0.2, 0.25) is 0 Å². The number of hydrogen-bond donors (Lipinski definition) is 3. The molecule has 2 aromatic carbocycles. The van der Waals surface area contributed by atoms with Gasteiger partial charge in [-0.05, 0) is 30.5 Å². The number of carbonyl (C=O) groups is 3. The molecule has 1 aliphatic rings. The summed E-state index contributed by atoms with van der Waals surface area (Å²) < 4.78 is 5.43. The molecule has 140 valence electrons. The number of nitrogens with one attached hydrogen (secondary N) is 2. The normalized spacial score (nSPS) is 14.1. The molecule has 0 heterocycles. The molecule has 0 aromatic heterocycles. The fourth-order valence-corrected chi connectivity index (χ4v) is 2.54. The van der Waals surface area contributed by atoms with Crippen LogP contribution in [0.4, 0.5) is 5.69 Å². The summed E-state index contributed by atoms with van der Waals surface area (Å²) in [7, 11) is 0. The van der Waals surface area contributed by atoms with E-state index < -0.39 is 17.9 Å². The van der Waals surface area contributed by atoms with Crippen molar-refractivity contribution in [1.29, 1.82) is 0 Å². The van der Waals surface area contributed by atoms with Gasteiger partial charge < -0.3 is 20.5 Å². The molecule has 0 bridgehead atoms. The first kappa shape index (κ1) is 18.4. The van der Waals surface area contributed by atoms with Gasteiger partial charge >= 0.3 is 5.97 Å². The van der Waals surface area contributed by atoms with Gasteiger partial charge in [0.2, 0.25) is 5.91 Å². The lowest BCUT2D eigenvalue weighted by atomic mass is 10.1. The van der Waals surface area contributed by atoms with E-state index in [1.807, 2.05) is 0 Å². The maximum absolute atomic E-state index is 12.1. The average molecular weight is 368 g/mol. The first-order valence-electron chi connectivity index (χ1n) is 8.64. The molecule has 1 fully saturated rings. The largest absolute Gasteiger partial charge is 0.484 e. The van der Waals surface area contributed by atoms with Gasteiger partial charge in [0.25, 0.3) is 5.91 Å². The highest BCUT2D eigenvalue weighted by Crippen LogP contribution is 2.30. The lowest BCUT2D eigenvalue weighted by Crippen LogP contribution is -2.36. The standard InChI is InChI=1S/C20H20N2O5/c23-17(22-18(20(25)26)13-5-2-1-3-6-13)12-27-16-8-4-7-15(11-16)21-19(24)14-9-10-14/h1-8,11,14,18H,9-10,12H2,(H,21,24)(H,22,23)(H,25,26)/t18-/m0/s1. The summed E-state index contributed by atoms with van der Waals surface area (Å²) in [5, 5.41) is 14.6. The highest BCUT2D eigenvalue weighted by atomic mass is 16.5. The number of anilines is 1. The number of hydrogen-bond acceptors (Lipinski definition) is 4. The first-order valence-corrected chi connectivity index (χ1v) is 8.64. The van der Waals surface area contributed by atoms with Crippen molar-refractivity contribution < 1.29 is 24.2 Å². The number of amides is 2. The molecule has 1 atom stereocenters. The van der Waals surface area contributed by atoms with Crippen LogP contribution in [0.15, 0.2) is 54.6 Å². The maximum Gasteiger partial charge on any atom is 0.330 e. The van der Waals surface area contributed by atoms with Gasteiger partial charge in [0.05, 0.1) is 0 Å². The van der Waals surface area contributed by atoms with Crippen molar-refractivity contribution in [1.82, 2.24) is 5.32 Å². The third-order valence-corrected chi connectivity index (χ3v) is 4.10. The van der Waals surface area contributed by atoms with Crippen molar-refractivity contribution in [2.75, 3.05) is 11.9 Å². The summed E-state index contributed by atoms with van der Waals surface area (Å²) in [5.41, 5.74) is 1.07. The van der Waals surface area contributed by atoms with Crippen molar-refractivity contribution in [3.05, 3.63) is 60.2 Å². The molecule has 2 amide bonds. The highest BCUT2D eigenvalue weighted by molar-refractivity contribution is 5.94. The van der Waals surface area contributed by atoms with E-state index in [-0.39, 0.29) is 18.4 Å². The number of carbonyl (C=O) groups excluding carboxylic acids is 2. The Morgan fingerprint density at radius 1 is 1.07 bits per heavy atom. The first-order chi connectivity index (χ1) is 13.0. The van der Waals surface area contributed by atoms with Gasteiger partial charge in [-0.25, -0.2) is 4.79 Å². The second-order valence-electron chi connectivity index (χ2n) is 6.33. The Hall–Kier alpha value is -3.35. The minimum absolute atomic E-state index is 0.0166. The fraction of sp³-hybridized carbons (Fsp3) is 0.250. The predicted molar refractivity (Wildman–Crippen MR) is 98.3 cm³/mol. The average Bonchev–Trinajstić information content (AvgIpc) is 3.50. The number of carboxylic acids is 1. The molecule has 7 heteroatoms. The molecular formula is C20H20N2O5. The van der Waals surface area contributed by atoms with Crippen LogP contribution in [0.3, 0.4) is 0 Å². The molecule has 3 N–H and O–H groups in total. The van der Waals surface area contributed by atoms with Gasteiger partial charge in [-0.15, -0.1) is 0 Å². The van der Waals surface area contributed by atoms with E-state index in [1.165, 1.54) is 0 Å². The summed E-state index contributed by atoms with van der Waals surface area (Å²) in [6.45, 7) is -0.337. The van der Waals surface area contributed by atoms with E-state index in [1.54, 1.807) is 54.6 Å². The van der Waals surface area contributed by atoms with Crippen LogP contribution in [0.5, 0.6) is 5.75 Å². The zero-order valence-corrected chi connectivity index (χ0v) is 14.6. The molecule has 27 heavy (non-hydrogen) atoms. The fourth-order valence-electron chi connectivity index (χ4n) is 2.54. The monoisotopic (exact) mass is 368 g/mol. The van der Waals surface area contributed by atoms with Crippen molar-refractivity contribution in [2.45, 2.75) is 18.9 Å². The van der Waals surface area contributed by atoms with E-state index in [4.69, 9.17) is 4.74 Å².